The van der Waals surface area contributed by atoms with Crippen LogP contribution in [0.4, 0.5) is 0 Å². The van der Waals surface area contributed by atoms with Crippen LogP contribution < -0.4 is 10.1 Å². The number of methoxy groups -OCH3 is 1. The largest absolute Gasteiger partial charge is 0.496 e. The van der Waals surface area contributed by atoms with Gasteiger partial charge in [0, 0.05) is 68.7 Å². The molecule has 0 bridgehead atoms. The Labute approximate surface area is 201 Å². The van der Waals surface area contributed by atoms with E-state index in [9.17, 15) is 14.4 Å². The maximum absolute atomic E-state index is 13.3. The fraction of sp³-hybridized carbons (Fsp3) is 0.654. The lowest BCUT2D eigenvalue weighted by Crippen LogP contribution is -2.73. The van der Waals surface area contributed by atoms with E-state index in [1.54, 1.807) is 14.0 Å². The maximum atomic E-state index is 13.3. The Kier molecular flexibility index (Phi) is 6.04. The number of ether oxygens (including phenoxy) is 1. The number of carbonyl (C=O) groups excluding carboxylic acids is 3. The lowest BCUT2D eigenvalue weighted by molar-refractivity contribution is -0.152. The minimum atomic E-state index is -0.155. The highest BCUT2D eigenvalue weighted by Gasteiger charge is 2.54. The second-order valence-electron chi connectivity index (χ2n) is 10.6. The molecule has 0 saturated carbocycles. The van der Waals surface area contributed by atoms with E-state index in [0.717, 1.165) is 56.8 Å². The van der Waals surface area contributed by atoms with E-state index in [1.165, 1.54) is 0 Å². The summed E-state index contributed by atoms with van der Waals surface area (Å²) in [6.45, 7) is 8.92. The van der Waals surface area contributed by atoms with Gasteiger partial charge >= 0.3 is 0 Å². The van der Waals surface area contributed by atoms with Gasteiger partial charge in [0.15, 0.2) is 0 Å². The minimum absolute atomic E-state index is 0.0339. The van der Waals surface area contributed by atoms with Crippen LogP contribution in [0.1, 0.15) is 54.9 Å². The summed E-state index contributed by atoms with van der Waals surface area (Å²) < 4.78 is 5.73. The number of carbonyl (C=O) groups is 3. The van der Waals surface area contributed by atoms with Crippen molar-refractivity contribution in [1.82, 2.24) is 20.0 Å². The van der Waals surface area contributed by atoms with Gasteiger partial charge < -0.3 is 24.8 Å². The van der Waals surface area contributed by atoms with Crippen LogP contribution in [-0.4, -0.2) is 91.4 Å². The van der Waals surface area contributed by atoms with Crippen molar-refractivity contribution in [2.24, 2.45) is 11.3 Å². The number of piperidine rings is 1. The first kappa shape index (κ1) is 23.1. The van der Waals surface area contributed by atoms with Gasteiger partial charge in [0.25, 0.3) is 5.91 Å². The van der Waals surface area contributed by atoms with Crippen molar-refractivity contribution in [1.29, 1.82) is 0 Å². The van der Waals surface area contributed by atoms with Crippen molar-refractivity contribution in [3.63, 3.8) is 0 Å². The molecular weight excluding hydrogens is 432 g/mol. The monoisotopic (exact) mass is 468 g/mol. The van der Waals surface area contributed by atoms with Crippen LogP contribution in [0, 0.1) is 11.3 Å². The molecule has 3 atom stereocenters. The number of benzene rings is 1. The van der Waals surface area contributed by atoms with Crippen molar-refractivity contribution in [3.05, 3.63) is 29.3 Å². The summed E-state index contributed by atoms with van der Waals surface area (Å²) in [7, 11) is 1.67. The second kappa shape index (κ2) is 8.87. The van der Waals surface area contributed by atoms with Gasteiger partial charge in [-0.2, -0.15) is 0 Å². The molecule has 0 aromatic heterocycles. The number of likely N-dealkylation sites (tertiary alicyclic amines) is 3. The molecule has 4 aliphatic heterocycles. The van der Waals surface area contributed by atoms with Gasteiger partial charge in [-0.05, 0) is 43.5 Å². The van der Waals surface area contributed by atoms with Crippen LogP contribution in [0.25, 0.3) is 0 Å². The quantitative estimate of drug-likeness (QED) is 0.687. The van der Waals surface area contributed by atoms with E-state index in [1.807, 2.05) is 32.9 Å². The molecule has 4 fully saturated rings. The Morgan fingerprint density at radius 3 is 2.59 bits per heavy atom. The summed E-state index contributed by atoms with van der Waals surface area (Å²) in [4.78, 5) is 43.6. The maximum Gasteiger partial charge on any atom is 0.253 e. The summed E-state index contributed by atoms with van der Waals surface area (Å²) in [6.07, 6.45) is 2.99. The zero-order valence-corrected chi connectivity index (χ0v) is 20.5. The van der Waals surface area contributed by atoms with Gasteiger partial charge in [-0.3, -0.25) is 14.4 Å². The topological polar surface area (TPSA) is 82.2 Å². The average molecular weight is 469 g/mol. The zero-order chi connectivity index (χ0) is 24.0. The van der Waals surface area contributed by atoms with Crippen LogP contribution in [0.15, 0.2) is 18.2 Å². The van der Waals surface area contributed by atoms with Gasteiger partial charge in [-0.25, -0.2) is 0 Å². The molecule has 8 heteroatoms. The number of amides is 3. The fourth-order valence-electron chi connectivity index (χ4n) is 6.40. The van der Waals surface area contributed by atoms with Gasteiger partial charge in [-0.15, -0.1) is 0 Å². The van der Waals surface area contributed by atoms with Crippen LogP contribution in [0.2, 0.25) is 0 Å². The standard InChI is InChI=1S/C26H36N4O4/c1-4-5-10-28-12-21(19-8-9-27-23(19)25(28)33)20-11-18(6-7-22(20)34-3)24(32)30-15-26(16-30)13-29(14-26)17(2)31/h6-7,11,19,21,23,27H,4-5,8-10,12-16H2,1-3H3. The first-order chi connectivity index (χ1) is 16.4. The first-order valence-electron chi connectivity index (χ1n) is 12.6. The Morgan fingerprint density at radius 2 is 1.91 bits per heavy atom. The normalized spacial score (nSPS) is 27.3. The van der Waals surface area contributed by atoms with E-state index in [0.29, 0.717) is 25.2 Å². The Balaban J connectivity index is 1.35. The third kappa shape index (κ3) is 3.85. The van der Waals surface area contributed by atoms with Gasteiger partial charge in [0.1, 0.15) is 5.75 Å². The number of rotatable bonds is 6. The summed E-state index contributed by atoms with van der Waals surface area (Å²) >= 11 is 0. The number of unbranched alkanes of at least 4 members (excludes halogenated alkanes) is 1. The smallest absolute Gasteiger partial charge is 0.253 e. The highest BCUT2D eigenvalue weighted by atomic mass is 16.5. The number of nitrogens with zero attached hydrogens (tertiary/aromatic N) is 3. The summed E-state index contributed by atoms with van der Waals surface area (Å²) in [5.74, 6) is 1.48. The summed E-state index contributed by atoms with van der Waals surface area (Å²) in [5, 5.41) is 3.42. The molecule has 3 amide bonds. The van der Waals surface area contributed by atoms with E-state index >= 15 is 0 Å². The molecule has 1 aromatic carbocycles. The van der Waals surface area contributed by atoms with Crippen molar-refractivity contribution >= 4 is 17.7 Å². The fourth-order valence-corrected chi connectivity index (χ4v) is 6.40. The predicted octanol–water partition coefficient (Wildman–Crippen LogP) is 1.70. The molecule has 34 heavy (non-hydrogen) atoms. The second-order valence-corrected chi connectivity index (χ2v) is 10.6. The molecule has 4 heterocycles. The minimum Gasteiger partial charge on any atom is -0.496 e. The van der Waals surface area contributed by atoms with E-state index in [2.05, 4.69) is 12.2 Å². The molecule has 0 aliphatic carbocycles. The van der Waals surface area contributed by atoms with Crippen LogP contribution in [-0.2, 0) is 9.59 Å². The van der Waals surface area contributed by atoms with Crippen molar-refractivity contribution < 1.29 is 19.1 Å². The molecule has 4 aliphatic rings. The van der Waals surface area contributed by atoms with Crippen LogP contribution in [0.3, 0.4) is 0 Å². The third-order valence-electron chi connectivity index (χ3n) is 8.28. The SMILES string of the molecule is CCCCN1CC(c2cc(C(=O)N3CC4(CN(C(C)=O)C4)C3)ccc2OC)C2CCNC2C1=O. The Bertz CT molecular complexity index is 981. The van der Waals surface area contributed by atoms with Crippen LogP contribution >= 0.6 is 0 Å². The first-order valence-corrected chi connectivity index (χ1v) is 12.6. The van der Waals surface area contributed by atoms with E-state index in [4.69, 9.17) is 4.74 Å². The van der Waals surface area contributed by atoms with E-state index < -0.39 is 0 Å². The number of hydrogen-bond acceptors (Lipinski definition) is 5. The highest BCUT2D eigenvalue weighted by Crippen LogP contribution is 2.43. The lowest BCUT2D eigenvalue weighted by atomic mass is 9.72. The number of fused-ring (bicyclic) bond motifs is 1. The number of hydrogen-bond donors (Lipinski definition) is 1. The van der Waals surface area contributed by atoms with Crippen molar-refractivity contribution in [2.45, 2.75) is 45.1 Å². The van der Waals surface area contributed by atoms with Crippen molar-refractivity contribution in [2.75, 3.05) is 52.9 Å². The van der Waals surface area contributed by atoms with Gasteiger partial charge in [0.05, 0.1) is 13.2 Å². The third-order valence-corrected chi connectivity index (χ3v) is 8.28. The Morgan fingerprint density at radius 1 is 1.18 bits per heavy atom. The highest BCUT2D eigenvalue weighted by molar-refractivity contribution is 5.95. The van der Waals surface area contributed by atoms with Gasteiger partial charge in [0.2, 0.25) is 11.8 Å². The molecule has 5 rings (SSSR count). The number of nitrogens with one attached hydrogen (secondary N) is 1. The molecule has 1 N–H and O–H groups in total. The average Bonchev–Trinajstić information content (AvgIpc) is 3.26. The molecule has 1 aromatic rings. The van der Waals surface area contributed by atoms with Crippen LogP contribution in [0.5, 0.6) is 5.75 Å². The molecule has 4 saturated heterocycles. The molecule has 3 unspecified atom stereocenters. The predicted molar refractivity (Wildman–Crippen MR) is 128 cm³/mol. The Hall–Kier alpha value is -2.61. The van der Waals surface area contributed by atoms with E-state index in [-0.39, 0.29) is 41.0 Å². The zero-order valence-electron chi connectivity index (χ0n) is 20.5. The van der Waals surface area contributed by atoms with Gasteiger partial charge in [-0.1, -0.05) is 13.3 Å². The molecule has 1 spiro atoms. The molecule has 8 nitrogen and oxygen atoms in total. The summed E-state index contributed by atoms with van der Waals surface area (Å²) in [6, 6.07) is 5.61. The molecular formula is C26H36N4O4. The molecule has 0 radical (unpaired) electrons. The summed E-state index contributed by atoms with van der Waals surface area (Å²) in [5.41, 5.74) is 1.79. The molecule has 184 valence electrons. The lowest BCUT2D eigenvalue weighted by Gasteiger charge is -2.60. The van der Waals surface area contributed by atoms with Crippen molar-refractivity contribution in [3.8, 4) is 5.75 Å².